The van der Waals surface area contributed by atoms with Gasteiger partial charge in [-0.05, 0) is 43.9 Å². The Morgan fingerprint density at radius 3 is 2.84 bits per heavy atom. The molecule has 1 unspecified atom stereocenters. The number of hydrogen-bond donors (Lipinski definition) is 0. The lowest BCUT2D eigenvalue weighted by Crippen LogP contribution is -2.50. The summed E-state index contributed by atoms with van der Waals surface area (Å²) in [5.74, 6) is 1.14. The maximum Gasteiger partial charge on any atom is 0.222 e. The zero-order chi connectivity index (χ0) is 17.5. The van der Waals surface area contributed by atoms with E-state index in [-0.39, 0.29) is 5.91 Å². The van der Waals surface area contributed by atoms with Crippen LogP contribution in [0, 0.1) is 6.92 Å². The van der Waals surface area contributed by atoms with Gasteiger partial charge in [-0.25, -0.2) is 0 Å². The van der Waals surface area contributed by atoms with Crippen LogP contribution in [0.25, 0.3) is 0 Å². The van der Waals surface area contributed by atoms with E-state index in [9.17, 15) is 4.79 Å². The highest BCUT2D eigenvalue weighted by atomic mass is 16.5. The highest BCUT2D eigenvalue weighted by Crippen LogP contribution is 2.15. The molecule has 0 N–H and O–H groups in total. The Morgan fingerprint density at radius 1 is 1.28 bits per heavy atom. The van der Waals surface area contributed by atoms with Crippen LogP contribution in [0.15, 0.2) is 24.3 Å². The van der Waals surface area contributed by atoms with Crippen LogP contribution >= 0.6 is 0 Å². The molecule has 1 aromatic carbocycles. The minimum absolute atomic E-state index is 0.254. The number of benzene rings is 1. The lowest BCUT2D eigenvalue weighted by atomic mass is 10.2. The summed E-state index contributed by atoms with van der Waals surface area (Å²) in [6.45, 7) is 8.18. The second kappa shape index (κ2) is 9.20. The van der Waals surface area contributed by atoms with E-state index in [1.807, 2.05) is 23.1 Å². The fourth-order valence-electron chi connectivity index (χ4n) is 3.53. The first-order valence-corrected chi connectivity index (χ1v) is 9.52. The second-order valence-corrected chi connectivity index (χ2v) is 7.08. The van der Waals surface area contributed by atoms with Gasteiger partial charge in [0.2, 0.25) is 5.91 Å². The van der Waals surface area contributed by atoms with Crippen LogP contribution in [-0.4, -0.2) is 67.7 Å². The van der Waals surface area contributed by atoms with Crippen molar-refractivity contribution in [3.05, 3.63) is 29.8 Å². The molecule has 138 valence electrons. The average Bonchev–Trinajstić information content (AvgIpc) is 3.12. The molecule has 0 saturated carbocycles. The van der Waals surface area contributed by atoms with Crippen LogP contribution in [0.3, 0.4) is 0 Å². The predicted molar refractivity (Wildman–Crippen MR) is 97.9 cm³/mol. The number of hydrogen-bond acceptors (Lipinski definition) is 4. The topological polar surface area (TPSA) is 42.0 Å². The van der Waals surface area contributed by atoms with Crippen molar-refractivity contribution in [1.82, 2.24) is 9.80 Å². The summed E-state index contributed by atoms with van der Waals surface area (Å²) in [6, 6.07) is 8.03. The zero-order valence-corrected chi connectivity index (χ0v) is 15.3. The Kier molecular flexibility index (Phi) is 6.70. The van der Waals surface area contributed by atoms with Crippen molar-refractivity contribution in [3.8, 4) is 5.75 Å². The molecule has 3 rings (SSSR count). The van der Waals surface area contributed by atoms with Crippen LogP contribution in [0.2, 0.25) is 0 Å². The summed E-state index contributed by atoms with van der Waals surface area (Å²) in [5.41, 5.74) is 1.19. The van der Waals surface area contributed by atoms with Crippen molar-refractivity contribution in [3.63, 3.8) is 0 Å². The van der Waals surface area contributed by atoms with Gasteiger partial charge < -0.3 is 14.4 Å². The van der Waals surface area contributed by atoms with Gasteiger partial charge in [0.15, 0.2) is 0 Å². The summed E-state index contributed by atoms with van der Waals surface area (Å²) in [6.07, 6.45) is 4.11. The summed E-state index contributed by atoms with van der Waals surface area (Å²) >= 11 is 0. The van der Waals surface area contributed by atoms with Crippen molar-refractivity contribution in [2.75, 3.05) is 45.9 Å². The van der Waals surface area contributed by atoms with E-state index in [0.717, 1.165) is 51.5 Å². The number of carbonyl (C=O) groups is 1. The van der Waals surface area contributed by atoms with E-state index in [1.165, 1.54) is 18.4 Å². The van der Waals surface area contributed by atoms with E-state index < -0.39 is 0 Å². The maximum atomic E-state index is 12.3. The highest BCUT2D eigenvalue weighted by molar-refractivity contribution is 5.76. The van der Waals surface area contributed by atoms with Crippen LogP contribution in [0.1, 0.15) is 31.2 Å². The first-order chi connectivity index (χ1) is 12.2. The minimum atomic E-state index is 0.254. The Hall–Kier alpha value is -1.59. The SMILES string of the molecule is Cc1cccc(OCCCC(=O)N2CCN(CC3CCCO3)CC2)c1. The number of amides is 1. The lowest BCUT2D eigenvalue weighted by molar-refractivity contribution is -0.133. The summed E-state index contributed by atoms with van der Waals surface area (Å²) in [5, 5.41) is 0. The fourth-order valence-corrected chi connectivity index (χ4v) is 3.53. The van der Waals surface area contributed by atoms with Gasteiger partial charge in [-0.3, -0.25) is 9.69 Å². The Bertz CT molecular complexity index is 550. The molecule has 1 amide bonds. The smallest absolute Gasteiger partial charge is 0.222 e. The molecule has 2 saturated heterocycles. The standard InChI is InChI=1S/C20H30N2O3/c1-17-5-2-6-18(15-17)24-14-4-8-20(23)22-11-9-21(10-12-22)16-19-7-3-13-25-19/h2,5-6,15,19H,3-4,7-14,16H2,1H3. The van der Waals surface area contributed by atoms with Crippen molar-refractivity contribution >= 4 is 5.91 Å². The minimum Gasteiger partial charge on any atom is -0.494 e. The van der Waals surface area contributed by atoms with Crippen LogP contribution < -0.4 is 4.74 Å². The van der Waals surface area contributed by atoms with Crippen molar-refractivity contribution < 1.29 is 14.3 Å². The van der Waals surface area contributed by atoms with Crippen molar-refractivity contribution in [2.24, 2.45) is 0 Å². The monoisotopic (exact) mass is 346 g/mol. The first-order valence-electron chi connectivity index (χ1n) is 9.52. The molecule has 25 heavy (non-hydrogen) atoms. The van der Waals surface area contributed by atoms with Gasteiger partial charge in [-0.2, -0.15) is 0 Å². The molecule has 0 bridgehead atoms. The van der Waals surface area contributed by atoms with Gasteiger partial charge in [0.1, 0.15) is 5.75 Å². The molecule has 5 nitrogen and oxygen atoms in total. The van der Waals surface area contributed by atoms with Gasteiger partial charge in [-0.15, -0.1) is 0 Å². The van der Waals surface area contributed by atoms with Crippen LogP contribution in [-0.2, 0) is 9.53 Å². The molecule has 0 spiro atoms. The van der Waals surface area contributed by atoms with Gasteiger partial charge in [0.05, 0.1) is 12.7 Å². The Morgan fingerprint density at radius 2 is 2.12 bits per heavy atom. The molecule has 1 atom stereocenters. The number of ether oxygens (including phenoxy) is 2. The summed E-state index contributed by atoms with van der Waals surface area (Å²) < 4.78 is 11.4. The van der Waals surface area contributed by atoms with E-state index in [0.29, 0.717) is 19.1 Å². The van der Waals surface area contributed by atoms with Gasteiger partial charge >= 0.3 is 0 Å². The Labute approximate surface area is 150 Å². The third-order valence-electron chi connectivity index (χ3n) is 5.00. The quantitative estimate of drug-likeness (QED) is 0.712. The molecule has 2 heterocycles. The molecule has 2 aliphatic rings. The van der Waals surface area contributed by atoms with Gasteiger partial charge in [-0.1, -0.05) is 12.1 Å². The molecular formula is C20H30N2O3. The van der Waals surface area contributed by atoms with Crippen molar-refractivity contribution in [2.45, 2.75) is 38.7 Å². The number of aryl methyl sites for hydroxylation is 1. The normalized spacial score (nSPS) is 21.5. The fraction of sp³-hybridized carbons (Fsp3) is 0.650. The maximum absolute atomic E-state index is 12.3. The lowest BCUT2D eigenvalue weighted by Gasteiger charge is -2.35. The van der Waals surface area contributed by atoms with Crippen LogP contribution in [0.4, 0.5) is 0 Å². The highest BCUT2D eigenvalue weighted by Gasteiger charge is 2.24. The van der Waals surface area contributed by atoms with E-state index in [4.69, 9.17) is 9.47 Å². The number of carbonyl (C=O) groups excluding carboxylic acids is 1. The van der Waals surface area contributed by atoms with E-state index in [2.05, 4.69) is 17.9 Å². The number of piperazine rings is 1. The molecule has 0 aliphatic carbocycles. The third kappa shape index (κ3) is 5.72. The molecule has 5 heteroatoms. The van der Waals surface area contributed by atoms with Crippen LogP contribution in [0.5, 0.6) is 5.75 Å². The molecule has 0 radical (unpaired) electrons. The third-order valence-corrected chi connectivity index (χ3v) is 5.00. The number of rotatable bonds is 7. The predicted octanol–water partition coefficient (Wildman–Crippen LogP) is 2.48. The first kappa shape index (κ1) is 18.2. The summed E-state index contributed by atoms with van der Waals surface area (Å²) in [7, 11) is 0. The molecular weight excluding hydrogens is 316 g/mol. The molecule has 1 aromatic rings. The van der Waals surface area contributed by atoms with Gasteiger partial charge in [0.25, 0.3) is 0 Å². The second-order valence-electron chi connectivity index (χ2n) is 7.08. The van der Waals surface area contributed by atoms with Crippen molar-refractivity contribution in [1.29, 1.82) is 0 Å². The average molecular weight is 346 g/mol. The number of nitrogens with zero attached hydrogens (tertiary/aromatic N) is 2. The largest absolute Gasteiger partial charge is 0.494 e. The van der Waals surface area contributed by atoms with E-state index in [1.54, 1.807) is 0 Å². The molecule has 0 aromatic heterocycles. The zero-order valence-electron chi connectivity index (χ0n) is 15.3. The van der Waals surface area contributed by atoms with Gasteiger partial charge in [0, 0.05) is 45.8 Å². The van der Waals surface area contributed by atoms with E-state index >= 15 is 0 Å². The Balaban J connectivity index is 1.30. The molecule has 2 fully saturated rings. The summed E-state index contributed by atoms with van der Waals surface area (Å²) in [4.78, 5) is 16.8. The molecule has 2 aliphatic heterocycles.